The van der Waals surface area contributed by atoms with E-state index in [1.165, 1.54) is 0 Å². The highest BCUT2D eigenvalue weighted by atomic mass is 32.2. The second-order valence-corrected chi connectivity index (χ2v) is 5.81. The largest absolute Gasteiger partial charge is 0.486 e. The molecule has 0 aliphatic heterocycles. The van der Waals surface area contributed by atoms with Crippen LogP contribution >= 0.6 is 0 Å². The Hall–Kier alpha value is -1.62. The van der Waals surface area contributed by atoms with E-state index in [-0.39, 0.29) is 6.61 Å². The van der Waals surface area contributed by atoms with E-state index < -0.39 is 21.4 Å². The molecule has 4 nitrogen and oxygen atoms in total. The number of carbonyl (C=O) groups excluding carboxylic acids is 1. The zero-order chi connectivity index (χ0) is 12.9. The number of ketones is 1. The van der Waals surface area contributed by atoms with Crippen LogP contribution in [0.2, 0.25) is 0 Å². The van der Waals surface area contributed by atoms with Gasteiger partial charge in [0.1, 0.15) is 18.1 Å². The number of rotatable bonds is 6. The van der Waals surface area contributed by atoms with Crippen LogP contribution in [0.5, 0.6) is 5.75 Å². The molecule has 0 N–H and O–H groups in total. The van der Waals surface area contributed by atoms with E-state index in [2.05, 4.69) is 6.58 Å². The van der Waals surface area contributed by atoms with Gasteiger partial charge in [-0.3, -0.25) is 4.79 Å². The quantitative estimate of drug-likeness (QED) is 0.768. The summed E-state index contributed by atoms with van der Waals surface area (Å²) < 4.78 is 26.9. The number of benzene rings is 1. The van der Waals surface area contributed by atoms with Crippen LogP contribution in [-0.4, -0.2) is 32.8 Å². The van der Waals surface area contributed by atoms with E-state index in [0.29, 0.717) is 5.75 Å². The lowest BCUT2D eigenvalue weighted by atomic mass is 10.2. The first-order valence-electron chi connectivity index (χ1n) is 4.95. The molecule has 1 aromatic carbocycles. The van der Waals surface area contributed by atoms with Gasteiger partial charge in [0.15, 0.2) is 15.6 Å². The Morgan fingerprint density at radius 1 is 1.35 bits per heavy atom. The van der Waals surface area contributed by atoms with Gasteiger partial charge in [0.2, 0.25) is 0 Å². The molecular weight excluding hydrogens is 240 g/mol. The molecule has 0 spiro atoms. The Balaban J connectivity index is 2.50. The van der Waals surface area contributed by atoms with Gasteiger partial charge in [0.05, 0.1) is 0 Å². The van der Waals surface area contributed by atoms with Gasteiger partial charge in [-0.05, 0) is 17.7 Å². The van der Waals surface area contributed by atoms with E-state index in [1.807, 2.05) is 0 Å². The number of sulfone groups is 1. The van der Waals surface area contributed by atoms with Crippen molar-refractivity contribution >= 4 is 21.7 Å². The van der Waals surface area contributed by atoms with E-state index >= 15 is 0 Å². The van der Waals surface area contributed by atoms with Crippen molar-refractivity contribution in [2.45, 2.75) is 0 Å². The number of hydrogen-bond acceptors (Lipinski definition) is 4. The first kappa shape index (κ1) is 13.4. The summed E-state index contributed by atoms with van der Waals surface area (Å²) in [5, 5.41) is 0. The first-order chi connectivity index (χ1) is 7.90. The minimum absolute atomic E-state index is 0.236. The molecule has 0 unspecified atom stereocenters. The average molecular weight is 254 g/mol. The summed E-state index contributed by atoms with van der Waals surface area (Å²) >= 11 is 0. The average Bonchev–Trinajstić information content (AvgIpc) is 2.25. The molecule has 0 fully saturated rings. The third kappa shape index (κ3) is 5.31. The number of ether oxygens (including phenoxy) is 1. The molecule has 5 heteroatoms. The maximum absolute atomic E-state index is 11.2. The smallest absolute Gasteiger partial charge is 0.185 e. The summed E-state index contributed by atoms with van der Waals surface area (Å²) in [4.78, 5) is 11.2. The van der Waals surface area contributed by atoms with Gasteiger partial charge in [-0.15, -0.1) is 0 Å². The fraction of sp³-hybridized carbons (Fsp3) is 0.250. The molecule has 0 bridgehead atoms. The van der Waals surface area contributed by atoms with Crippen LogP contribution in [0.15, 0.2) is 30.8 Å². The van der Waals surface area contributed by atoms with Gasteiger partial charge in [0, 0.05) is 6.26 Å². The normalized spacial score (nSPS) is 10.9. The van der Waals surface area contributed by atoms with Gasteiger partial charge < -0.3 is 4.74 Å². The molecule has 0 radical (unpaired) electrons. The van der Waals surface area contributed by atoms with Crippen LogP contribution in [-0.2, 0) is 14.6 Å². The number of Topliss-reactive ketones (excluding diaryl/α,β-unsaturated/α-hetero) is 1. The van der Waals surface area contributed by atoms with Crippen molar-refractivity contribution in [2.75, 3.05) is 18.6 Å². The molecule has 17 heavy (non-hydrogen) atoms. The van der Waals surface area contributed by atoms with Crippen molar-refractivity contribution in [1.82, 2.24) is 0 Å². The predicted molar refractivity (Wildman–Crippen MR) is 66.7 cm³/mol. The monoisotopic (exact) mass is 254 g/mol. The fourth-order valence-corrected chi connectivity index (χ4v) is 1.87. The molecule has 0 atom stereocenters. The van der Waals surface area contributed by atoms with Crippen LogP contribution in [0.4, 0.5) is 0 Å². The summed E-state index contributed by atoms with van der Waals surface area (Å²) in [5.41, 5.74) is 0.944. The fourth-order valence-electron chi connectivity index (χ4n) is 1.20. The van der Waals surface area contributed by atoms with E-state index in [1.54, 1.807) is 30.3 Å². The van der Waals surface area contributed by atoms with Gasteiger partial charge in [-0.25, -0.2) is 8.42 Å². The molecule has 0 amide bonds. The van der Waals surface area contributed by atoms with E-state index in [0.717, 1.165) is 11.8 Å². The Morgan fingerprint density at radius 2 is 1.94 bits per heavy atom. The maximum atomic E-state index is 11.2. The van der Waals surface area contributed by atoms with Gasteiger partial charge >= 0.3 is 0 Å². The van der Waals surface area contributed by atoms with Crippen molar-refractivity contribution in [3.05, 3.63) is 36.4 Å². The third-order valence-corrected chi connectivity index (χ3v) is 2.79. The lowest BCUT2D eigenvalue weighted by molar-refractivity contribution is -0.118. The molecular formula is C12H14O4S. The minimum Gasteiger partial charge on any atom is -0.486 e. The second kappa shape index (κ2) is 5.63. The van der Waals surface area contributed by atoms with Gasteiger partial charge in [-0.1, -0.05) is 24.8 Å². The molecule has 0 aromatic heterocycles. The highest BCUT2D eigenvalue weighted by Crippen LogP contribution is 2.12. The van der Waals surface area contributed by atoms with Crippen molar-refractivity contribution < 1.29 is 17.9 Å². The molecule has 0 aliphatic rings. The van der Waals surface area contributed by atoms with Gasteiger partial charge in [0.25, 0.3) is 0 Å². The molecule has 0 heterocycles. The zero-order valence-electron chi connectivity index (χ0n) is 9.55. The minimum atomic E-state index is -3.28. The summed E-state index contributed by atoms with van der Waals surface area (Å²) in [7, 11) is -3.28. The number of hydrogen-bond donors (Lipinski definition) is 0. The third-order valence-electron chi connectivity index (χ3n) is 1.94. The standard InChI is InChI=1S/C12H14O4S/c1-3-10-4-6-12(7-5-10)16-8-11(13)9-17(2,14)15/h3-7H,1,8-9H2,2H3. The summed E-state index contributed by atoms with van der Waals surface area (Å²) in [6.45, 7) is 3.38. The van der Waals surface area contributed by atoms with Gasteiger partial charge in [-0.2, -0.15) is 0 Å². The van der Waals surface area contributed by atoms with Crippen molar-refractivity contribution in [2.24, 2.45) is 0 Å². The van der Waals surface area contributed by atoms with Crippen LogP contribution in [0.25, 0.3) is 6.08 Å². The van der Waals surface area contributed by atoms with Crippen molar-refractivity contribution in [3.63, 3.8) is 0 Å². The summed E-state index contributed by atoms with van der Waals surface area (Å²) in [6, 6.07) is 6.99. The zero-order valence-corrected chi connectivity index (χ0v) is 10.4. The van der Waals surface area contributed by atoms with Crippen molar-refractivity contribution in [1.29, 1.82) is 0 Å². The topological polar surface area (TPSA) is 60.4 Å². The maximum Gasteiger partial charge on any atom is 0.185 e. The van der Waals surface area contributed by atoms with Crippen LogP contribution in [0.1, 0.15) is 5.56 Å². The molecule has 0 aliphatic carbocycles. The summed E-state index contributed by atoms with van der Waals surface area (Å²) in [5.74, 6) is -0.421. The van der Waals surface area contributed by atoms with Crippen molar-refractivity contribution in [3.8, 4) is 5.75 Å². The first-order valence-corrected chi connectivity index (χ1v) is 7.01. The Bertz CT molecular complexity index is 500. The van der Waals surface area contributed by atoms with Crippen LogP contribution in [0, 0.1) is 0 Å². The van der Waals surface area contributed by atoms with E-state index in [9.17, 15) is 13.2 Å². The molecule has 0 saturated carbocycles. The van der Waals surface area contributed by atoms with Crippen LogP contribution in [0.3, 0.4) is 0 Å². The second-order valence-electron chi connectivity index (χ2n) is 3.67. The molecule has 0 saturated heterocycles. The molecule has 1 aromatic rings. The Kier molecular flexibility index (Phi) is 4.45. The molecule has 92 valence electrons. The molecule has 1 rings (SSSR count). The summed E-state index contributed by atoms with van der Waals surface area (Å²) in [6.07, 6.45) is 2.71. The Morgan fingerprint density at radius 3 is 2.41 bits per heavy atom. The lowest BCUT2D eigenvalue weighted by Gasteiger charge is -2.05. The lowest BCUT2D eigenvalue weighted by Crippen LogP contribution is -2.20. The highest BCUT2D eigenvalue weighted by molar-refractivity contribution is 7.91. The van der Waals surface area contributed by atoms with E-state index in [4.69, 9.17) is 4.74 Å². The SMILES string of the molecule is C=Cc1ccc(OCC(=O)CS(C)(=O)=O)cc1. The predicted octanol–water partition coefficient (Wildman–Crippen LogP) is 1.32. The highest BCUT2D eigenvalue weighted by Gasteiger charge is 2.11. The number of carbonyl (C=O) groups is 1. The Labute approximate surface area is 101 Å². The van der Waals surface area contributed by atoms with Crippen LogP contribution < -0.4 is 4.74 Å².